The van der Waals surface area contributed by atoms with Gasteiger partial charge in [-0.3, -0.25) is 0 Å². The van der Waals surface area contributed by atoms with Crippen LogP contribution in [-0.4, -0.2) is 13.2 Å². The van der Waals surface area contributed by atoms with Crippen LogP contribution in [0.2, 0.25) is 0 Å². The number of hydrogen-bond donors (Lipinski definition) is 1. The normalized spacial score (nSPS) is 16.8. The number of rotatable bonds is 8. The first-order valence-electron chi connectivity index (χ1n) is 8.21. The Morgan fingerprint density at radius 3 is 2.70 bits per heavy atom. The summed E-state index contributed by atoms with van der Waals surface area (Å²) in [6.07, 6.45) is 6.65. The quantitative estimate of drug-likeness (QED) is 0.747. The summed E-state index contributed by atoms with van der Waals surface area (Å²) in [6, 6.07) is 7.03. The highest BCUT2D eigenvalue weighted by Gasteiger charge is 2.24. The van der Waals surface area contributed by atoms with E-state index in [-0.39, 0.29) is 0 Å². The van der Waals surface area contributed by atoms with E-state index in [4.69, 9.17) is 4.74 Å². The maximum atomic E-state index is 5.85. The van der Waals surface area contributed by atoms with E-state index < -0.39 is 0 Å². The Labute approximate surface area is 123 Å². The Balaban J connectivity index is 2.17. The van der Waals surface area contributed by atoms with Crippen molar-refractivity contribution >= 4 is 0 Å². The maximum absolute atomic E-state index is 5.85. The van der Waals surface area contributed by atoms with Crippen molar-refractivity contribution in [2.24, 2.45) is 5.92 Å². The third-order valence-electron chi connectivity index (χ3n) is 4.28. The van der Waals surface area contributed by atoms with Crippen LogP contribution in [-0.2, 0) is 0 Å². The molecule has 1 fully saturated rings. The lowest BCUT2D eigenvalue weighted by molar-refractivity contribution is 0.256. The van der Waals surface area contributed by atoms with Crippen LogP contribution in [0, 0.1) is 12.8 Å². The van der Waals surface area contributed by atoms with Crippen molar-refractivity contribution < 1.29 is 4.74 Å². The summed E-state index contributed by atoms with van der Waals surface area (Å²) >= 11 is 0. The third-order valence-corrected chi connectivity index (χ3v) is 4.28. The number of nitrogens with one attached hydrogen (secondary N) is 1. The van der Waals surface area contributed by atoms with Crippen LogP contribution >= 0.6 is 0 Å². The van der Waals surface area contributed by atoms with Gasteiger partial charge in [-0.2, -0.15) is 0 Å². The van der Waals surface area contributed by atoms with Crippen molar-refractivity contribution in [3.05, 3.63) is 29.3 Å². The van der Waals surface area contributed by atoms with E-state index in [1.165, 1.54) is 43.2 Å². The lowest BCUT2D eigenvalue weighted by Gasteiger charge is -2.31. The van der Waals surface area contributed by atoms with Crippen molar-refractivity contribution in [2.45, 2.75) is 58.9 Å². The summed E-state index contributed by atoms with van der Waals surface area (Å²) in [5.41, 5.74) is 2.67. The van der Waals surface area contributed by atoms with Crippen LogP contribution in [0.15, 0.2) is 18.2 Å². The summed E-state index contributed by atoms with van der Waals surface area (Å²) in [5, 5.41) is 3.73. The predicted octanol–water partition coefficient (Wildman–Crippen LogP) is 4.62. The summed E-state index contributed by atoms with van der Waals surface area (Å²) < 4.78 is 5.85. The SMILES string of the molecule is CCCNC(CC1CCC1)c1cc(C)ccc1OCC. The van der Waals surface area contributed by atoms with E-state index in [1.807, 2.05) is 0 Å². The fraction of sp³-hybridized carbons (Fsp3) is 0.667. The molecule has 0 heterocycles. The van der Waals surface area contributed by atoms with Gasteiger partial charge in [-0.15, -0.1) is 0 Å². The molecule has 2 nitrogen and oxygen atoms in total. The molecule has 2 rings (SSSR count). The minimum atomic E-state index is 0.446. The maximum Gasteiger partial charge on any atom is 0.124 e. The zero-order valence-corrected chi connectivity index (χ0v) is 13.2. The average molecular weight is 275 g/mol. The van der Waals surface area contributed by atoms with Crippen molar-refractivity contribution in [3.63, 3.8) is 0 Å². The highest BCUT2D eigenvalue weighted by Crippen LogP contribution is 2.37. The standard InChI is InChI=1S/C18H29NO/c1-4-11-19-17(13-15-7-6-8-15)16-12-14(3)9-10-18(16)20-5-2/h9-10,12,15,17,19H,4-8,11,13H2,1-3H3. The van der Waals surface area contributed by atoms with Crippen LogP contribution in [0.5, 0.6) is 5.75 Å². The van der Waals surface area contributed by atoms with E-state index >= 15 is 0 Å². The van der Waals surface area contributed by atoms with Crippen molar-refractivity contribution in [3.8, 4) is 5.75 Å². The molecule has 0 radical (unpaired) electrons. The second-order valence-electron chi connectivity index (χ2n) is 6.01. The van der Waals surface area contributed by atoms with Gasteiger partial charge in [0, 0.05) is 11.6 Å². The van der Waals surface area contributed by atoms with Crippen LogP contribution in [0.1, 0.15) is 63.1 Å². The van der Waals surface area contributed by atoms with Gasteiger partial charge in [-0.25, -0.2) is 0 Å². The van der Waals surface area contributed by atoms with E-state index in [0.717, 1.165) is 24.8 Å². The van der Waals surface area contributed by atoms with E-state index in [2.05, 4.69) is 44.3 Å². The second-order valence-corrected chi connectivity index (χ2v) is 6.01. The summed E-state index contributed by atoms with van der Waals surface area (Å²) in [6.45, 7) is 8.27. The van der Waals surface area contributed by atoms with Crippen molar-refractivity contribution in [2.75, 3.05) is 13.2 Å². The molecule has 1 saturated carbocycles. The molecular formula is C18H29NO. The summed E-state index contributed by atoms with van der Waals surface area (Å²) in [7, 11) is 0. The van der Waals surface area contributed by atoms with E-state index in [0.29, 0.717) is 6.04 Å². The topological polar surface area (TPSA) is 21.3 Å². The van der Waals surface area contributed by atoms with E-state index in [1.54, 1.807) is 0 Å². The zero-order valence-electron chi connectivity index (χ0n) is 13.2. The number of hydrogen-bond acceptors (Lipinski definition) is 2. The molecule has 0 bridgehead atoms. The molecule has 20 heavy (non-hydrogen) atoms. The van der Waals surface area contributed by atoms with Gasteiger partial charge in [0.05, 0.1) is 6.61 Å². The highest BCUT2D eigenvalue weighted by atomic mass is 16.5. The highest BCUT2D eigenvalue weighted by molar-refractivity contribution is 5.39. The van der Waals surface area contributed by atoms with Gasteiger partial charge in [0.15, 0.2) is 0 Å². The number of aryl methyl sites for hydroxylation is 1. The Kier molecular flexibility index (Phi) is 5.90. The zero-order chi connectivity index (χ0) is 14.4. The summed E-state index contributed by atoms with van der Waals surface area (Å²) in [5.74, 6) is 1.96. The Bertz CT molecular complexity index is 412. The molecule has 0 saturated heterocycles. The first-order chi connectivity index (χ1) is 9.74. The average Bonchev–Trinajstić information content (AvgIpc) is 2.39. The molecule has 2 heteroatoms. The lowest BCUT2D eigenvalue weighted by atomic mass is 9.79. The first kappa shape index (κ1) is 15.4. The molecule has 1 atom stereocenters. The Morgan fingerprint density at radius 2 is 2.10 bits per heavy atom. The first-order valence-corrected chi connectivity index (χ1v) is 8.21. The monoisotopic (exact) mass is 275 g/mol. The predicted molar refractivity (Wildman–Crippen MR) is 85.3 cm³/mol. The molecule has 1 aliphatic rings. The molecule has 1 aromatic carbocycles. The number of benzene rings is 1. The molecule has 1 aliphatic carbocycles. The van der Waals surface area contributed by atoms with E-state index in [9.17, 15) is 0 Å². The minimum absolute atomic E-state index is 0.446. The molecule has 0 spiro atoms. The van der Waals surface area contributed by atoms with Crippen molar-refractivity contribution in [1.82, 2.24) is 5.32 Å². The number of ether oxygens (including phenoxy) is 1. The molecule has 112 valence electrons. The second kappa shape index (κ2) is 7.68. The summed E-state index contributed by atoms with van der Waals surface area (Å²) in [4.78, 5) is 0. The lowest BCUT2D eigenvalue weighted by Crippen LogP contribution is -2.27. The van der Waals surface area contributed by atoms with Crippen LogP contribution < -0.4 is 10.1 Å². The largest absolute Gasteiger partial charge is 0.494 e. The van der Waals surface area contributed by atoms with Gasteiger partial charge in [0.2, 0.25) is 0 Å². The molecule has 0 amide bonds. The third kappa shape index (κ3) is 3.99. The Hall–Kier alpha value is -1.02. The molecule has 0 aromatic heterocycles. The van der Waals surface area contributed by atoms with Crippen LogP contribution in [0.25, 0.3) is 0 Å². The molecule has 1 N–H and O–H groups in total. The van der Waals surface area contributed by atoms with Crippen LogP contribution in [0.3, 0.4) is 0 Å². The van der Waals surface area contributed by atoms with Gasteiger partial charge in [-0.05, 0) is 45.2 Å². The van der Waals surface area contributed by atoms with Gasteiger partial charge < -0.3 is 10.1 Å². The van der Waals surface area contributed by atoms with Gasteiger partial charge >= 0.3 is 0 Å². The fourth-order valence-corrected chi connectivity index (χ4v) is 2.93. The van der Waals surface area contributed by atoms with Gasteiger partial charge in [0.1, 0.15) is 5.75 Å². The van der Waals surface area contributed by atoms with Crippen molar-refractivity contribution in [1.29, 1.82) is 0 Å². The molecule has 1 aromatic rings. The fourth-order valence-electron chi connectivity index (χ4n) is 2.93. The van der Waals surface area contributed by atoms with Gasteiger partial charge in [0.25, 0.3) is 0 Å². The minimum Gasteiger partial charge on any atom is -0.494 e. The smallest absolute Gasteiger partial charge is 0.124 e. The molecule has 0 aliphatic heterocycles. The van der Waals surface area contributed by atoms with Gasteiger partial charge in [-0.1, -0.05) is 43.9 Å². The molecule has 1 unspecified atom stereocenters. The Morgan fingerprint density at radius 1 is 1.30 bits per heavy atom. The molecular weight excluding hydrogens is 246 g/mol. The van der Waals surface area contributed by atoms with Crippen LogP contribution in [0.4, 0.5) is 0 Å².